The highest BCUT2D eigenvalue weighted by Crippen LogP contribution is 2.18. The molecular weight excluding hydrogens is 346 g/mol. The lowest BCUT2D eigenvalue weighted by Crippen LogP contribution is -2.52. The van der Waals surface area contributed by atoms with Gasteiger partial charge in [0.05, 0.1) is 0 Å². The normalized spacial score (nSPS) is 17.2. The predicted octanol–water partition coefficient (Wildman–Crippen LogP) is 0.719. The van der Waals surface area contributed by atoms with E-state index in [-0.39, 0.29) is 19.0 Å². The maximum atomic E-state index is 12.3. The summed E-state index contributed by atoms with van der Waals surface area (Å²) in [5, 5.41) is 5.07. The first-order chi connectivity index (χ1) is 9.29. The molecule has 2 rings (SSSR count). The van der Waals surface area contributed by atoms with Crippen LogP contribution in [0.2, 0.25) is 0 Å². The molecule has 0 aliphatic carbocycles. The van der Waals surface area contributed by atoms with Gasteiger partial charge < -0.3 is 4.90 Å². The van der Waals surface area contributed by atoms with Crippen molar-refractivity contribution in [3.8, 4) is 0 Å². The topological polar surface area (TPSA) is 83.7 Å². The average Bonchev–Trinajstić information content (AvgIpc) is 2.40. The third kappa shape index (κ3) is 3.38. The van der Waals surface area contributed by atoms with Gasteiger partial charge in [0.2, 0.25) is 0 Å². The summed E-state index contributed by atoms with van der Waals surface area (Å²) in [6, 6.07) is 5.41. The molecule has 1 heterocycles. The molecule has 1 amide bonds. The summed E-state index contributed by atoms with van der Waals surface area (Å²) in [5.41, 5.74) is 1.59. The molecular formula is C12H16BrN3O3S. The van der Waals surface area contributed by atoms with Gasteiger partial charge in [-0.1, -0.05) is 15.9 Å². The summed E-state index contributed by atoms with van der Waals surface area (Å²) in [5.74, 6) is -0.0883. The second-order valence-corrected chi connectivity index (χ2v) is 7.10. The number of aryl methyl sites for hydroxylation is 1. The number of benzene rings is 1. The average molecular weight is 362 g/mol. The third-order valence-corrected chi connectivity index (χ3v) is 5.27. The van der Waals surface area contributed by atoms with E-state index in [2.05, 4.69) is 15.9 Å². The van der Waals surface area contributed by atoms with Crippen LogP contribution in [0.25, 0.3) is 0 Å². The van der Waals surface area contributed by atoms with Gasteiger partial charge in [0, 0.05) is 36.2 Å². The van der Waals surface area contributed by atoms with Gasteiger partial charge in [0.15, 0.2) is 0 Å². The van der Waals surface area contributed by atoms with Crippen LogP contribution in [0.1, 0.15) is 15.9 Å². The number of halogens is 1. The predicted molar refractivity (Wildman–Crippen MR) is 79.5 cm³/mol. The molecule has 0 bridgehead atoms. The summed E-state index contributed by atoms with van der Waals surface area (Å²) in [6.45, 7) is 3.09. The number of carbonyl (C=O) groups is 1. The number of hydrogen-bond acceptors (Lipinski definition) is 3. The summed E-state index contributed by atoms with van der Waals surface area (Å²) >= 11 is 3.39. The molecule has 1 saturated heterocycles. The molecule has 6 nitrogen and oxygen atoms in total. The number of nitrogens with two attached hydrogens (primary N) is 1. The van der Waals surface area contributed by atoms with Crippen molar-refractivity contribution < 1.29 is 13.2 Å². The Bertz CT molecular complexity index is 625. The van der Waals surface area contributed by atoms with Gasteiger partial charge in [0.25, 0.3) is 16.1 Å². The maximum Gasteiger partial charge on any atom is 0.277 e. The molecule has 1 fully saturated rings. The van der Waals surface area contributed by atoms with Crippen LogP contribution in [0.4, 0.5) is 0 Å². The van der Waals surface area contributed by atoms with Gasteiger partial charge in [-0.3, -0.25) is 4.79 Å². The van der Waals surface area contributed by atoms with Gasteiger partial charge in [-0.25, -0.2) is 5.14 Å². The highest BCUT2D eigenvalue weighted by molar-refractivity contribution is 9.10. The lowest BCUT2D eigenvalue weighted by atomic mass is 10.1. The highest BCUT2D eigenvalue weighted by atomic mass is 79.9. The van der Waals surface area contributed by atoms with Gasteiger partial charge >= 0.3 is 0 Å². The van der Waals surface area contributed by atoms with Crippen molar-refractivity contribution in [2.45, 2.75) is 6.92 Å². The molecule has 1 aliphatic heterocycles. The van der Waals surface area contributed by atoms with E-state index in [4.69, 9.17) is 5.14 Å². The zero-order valence-corrected chi connectivity index (χ0v) is 13.4. The maximum absolute atomic E-state index is 12.3. The van der Waals surface area contributed by atoms with Crippen LogP contribution in [0.5, 0.6) is 0 Å². The van der Waals surface area contributed by atoms with E-state index in [9.17, 15) is 13.2 Å². The second kappa shape index (κ2) is 5.80. The van der Waals surface area contributed by atoms with Crippen molar-refractivity contribution in [2.24, 2.45) is 5.14 Å². The number of nitrogens with zero attached hydrogens (tertiary/aromatic N) is 2. The lowest BCUT2D eigenvalue weighted by Gasteiger charge is -2.33. The van der Waals surface area contributed by atoms with Crippen molar-refractivity contribution in [3.63, 3.8) is 0 Å². The van der Waals surface area contributed by atoms with Crippen LogP contribution in [-0.4, -0.2) is 49.7 Å². The number of piperazine rings is 1. The Labute approximate surface area is 126 Å². The largest absolute Gasteiger partial charge is 0.336 e. The summed E-state index contributed by atoms with van der Waals surface area (Å²) in [6.07, 6.45) is 0. The van der Waals surface area contributed by atoms with Gasteiger partial charge in [-0.05, 0) is 30.7 Å². The minimum atomic E-state index is -3.66. The van der Waals surface area contributed by atoms with Crippen LogP contribution in [0.15, 0.2) is 22.7 Å². The first kappa shape index (κ1) is 15.4. The standard InChI is InChI=1S/C12H16BrN3O3S/c1-9-8-10(2-3-11(9)13)12(17)15-4-6-16(7-5-15)20(14,18)19/h2-3,8H,4-7H2,1H3,(H2,14,18,19). The summed E-state index contributed by atoms with van der Waals surface area (Å²) < 4.78 is 24.6. The molecule has 0 atom stereocenters. The van der Waals surface area contributed by atoms with Gasteiger partial charge in [-0.15, -0.1) is 0 Å². The monoisotopic (exact) mass is 361 g/mol. The first-order valence-electron chi connectivity index (χ1n) is 6.12. The Hall–Kier alpha value is -0.960. The van der Waals surface area contributed by atoms with Crippen LogP contribution in [0.3, 0.4) is 0 Å². The van der Waals surface area contributed by atoms with Crippen LogP contribution in [0, 0.1) is 6.92 Å². The Morgan fingerprint density at radius 2 is 1.85 bits per heavy atom. The minimum Gasteiger partial charge on any atom is -0.336 e. The van der Waals surface area contributed by atoms with Crippen molar-refractivity contribution >= 4 is 32.0 Å². The first-order valence-corrected chi connectivity index (χ1v) is 8.42. The van der Waals surface area contributed by atoms with E-state index < -0.39 is 10.2 Å². The van der Waals surface area contributed by atoms with Crippen LogP contribution in [-0.2, 0) is 10.2 Å². The van der Waals surface area contributed by atoms with Gasteiger partial charge in [0.1, 0.15) is 0 Å². The Morgan fingerprint density at radius 3 is 2.35 bits per heavy atom. The third-order valence-electron chi connectivity index (χ3n) is 3.29. The number of carbonyl (C=O) groups excluding carboxylic acids is 1. The van der Waals surface area contributed by atoms with E-state index >= 15 is 0 Å². The second-order valence-electron chi connectivity index (χ2n) is 4.70. The molecule has 0 saturated carbocycles. The summed E-state index contributed by atoms with van der Waals surface area (Å²) in [4.78, 5) is 14.0. The Morgan fingerprint density at radius 1 is 1.25 bits per heavy atom. The molecule has 0 unspecified atom stereocenters. The van der Waals surface area contributed by atoms with E-state index in [1.807, 2.05) is 19.1 Å². The molecule has 0 spiro atoms. The molecule has 8 heteroatoms. The fraction of sp³-hybridized carbons (Fsp3) is 0.417. The number of hydrogen-bond donors (Lipinski definition) is 1. The fourth-order valence-electron chi connectivity index (χ4n) is 2.11. The molecule has 2 N–H and O–H groups in total. The molecule has 1 aromatic rings. The molecule has 0 radical (unpaired) electrons. The minimum absolute atomic E-state index is 0.0883. The lowest BCUT2D eigenvalue weighted by molar-refractivity contribution is 0.0697. The molecule has 20 heavy (non-hydrogen) atoms. The van der Waals surface area contributed by atoms with Crippen LogP contribution >= 0.6 is 15.9 Å². The Kier molecular flexibility index (Phi) is 4.48. The fourth-order valence-corrected chi connectivity index (χ4v) is 3.02. The SMILES string of the molecule is Cc1cc(C(=O)N2CCN(S(N)(=O)=O)CC2)ccc1Br. The van der Waals surface area contributed by atoms with Crippen molar-refractivity contribution in [3.05, 3.63) is 33.8 Å². The Balaban J connectivity index is 2.07. The van der Waals surface area contributed by atoms with Crippen LogP contribution < -0.4 is 5.14 Å². The molecule has 0 aromatic heterocycles. The van der Waals surface area contributed by atoms with E-state index in [0.717, 1.165) is 10.0 Å². The van der Waals surface area contributed by atoms with E-state index in [0.29, 0.717) is 18.7 Å². The number of rotatable bonds is 2. The van der Waals surface area contributed by atoms with Crippen molar-refractivity contribution in [1.82, 2.24) is 9.21 Å². The molecule has 1 aromatic carbocycles. The zero-order chi connectivity index (χ0) is 14.9. The number of amides is 1. The van der Waals surface area contributed by atoms with Gasteiger partial charge in [-0.2, -0.15) is 12.7 Å². The van der Waals surface area contributed by atoms with Crippen molar-refractivity contribution in [2.75, 3.05) is 26.2 Å². The molecule has 110 valence electrons. The zero-order valence-electron chi connectivity index (χ0n) is 11.0. The quantitative estimate of drug-likeness (QED) is 0.842. The summed E-state index contributed by atoms with van der Waals surface area (Å²) in [7, 11) is -3.66. The van der Waals surface area contributed by atoms with Crippen molar-refractivity contribution in [1.29, 1.82) is 0 Å². The molecule has 1 aliphatic rings. The van der Waals surface area contributed by atoms with E-state index in [1.54, 1.807) is 11.0 Å². The highest BCUT2D eigenvalue weighted by Gasteiger charge is 2.27. The smallest absolute Gasteiger partial charge is 0.277 e. The van der Waals surface area contributed by atoms with E-state index in [1.165, 1.54) is 4.31 Å².